The highest BCUT2D eigenvalue weighted by Gasteiger charge is 1.97. The lowest BCUT2D eigenvalue weighted by Gasteiger charge is -2.03. The highest BCUT2D eigenvalue weighted by molar-refractivity contribution is 5.34. The number of phenols is 1. The van der Waals surface area contributed by atoms with E-state index in [0.717, 1.165) is 31.2 Å². The fourth-order valence-corrected chi connectivity index (χ4v) is 1.46. The van der Waals surface area contributed by atoms with E-state index in [1.807, 2.05) is 13.0 Å². The van der Waals surface area contributed by atoms with Gasteiger partial charge in [0, 0.05) is 12.8 Å². The monoisotopic (exact) mass is 202 g/mol. The zero-order valence-corrected chi connectivity index (χ0v) is 9.51. The van der Waals surface area contributed by atoms with Crippen molar-refractivity contribution >= 4 is 0 Å². The van der Waals surface area contributed by atoms with Crippen molar-refractivity contribution in [3.05, 3.63) is 29.3 Å². The van der Waals surface area contributed by atoms with Crippen LogP contribution in [0.3, 0.4) is 0 Å². The van der Waals surface area contributed by atoms with Crippen LogP contribution in [0.5, 0.6) is 5.75 Å². The Balaban J connectivity index is 2.48. The van der Waals surface area contributed by atoms with Gasteiger partial charge < -0.3 is 5.11 Å². The number of aryl methyl sites for hydroxylation is 2. The lowest BCUT2D eigenvalue weighted by Crippen LogP contribution is -1.88. The van der Waals surface area contributed by atoms with Gasteiger partial charge in [-0.05, 0) is 43.0 Å². The summed E-state index contributed by atoms with van der Waals surface area (Å²) < 4.78 is 0. The zero-order chi connectivity index (χ0) is 11.1. The molecule has 1 aromatic rings. The lowest BCUT2D eigenvalue weighted by atomic mass is 10.0. The van der Waals surface area contributed by atoms with E-state index in [2.05, 4.69) is 18.8 Å². The first kappa shape index (κ1) is 11.7. The van der Waals surface area contributed by atoms with E-state index >= 15 is 0 Å². The molecule has 0 radical (unpaired) electrons. The number of hydrogen-bond acceptors (Lipinski definition) is 1. The highest BCUT2D eigenvalue weighted by Crippen LogP contribution is 2.16. The summed E-state index contributed by atoms with van der Waals surface area (Å²) in [5.41, 5.74) is 2.42. The molecule has 15 heavy (non-hydrogen) atoms. The average molecular weight is 202 g/mol. The Morgan fingerprint density at radius 3 is 2.60 bits per heavy atom. The van der Waals surface area contributed by atoms with Crippen molar-refractivity contribution in [1.82, 2.24) is 0 Å². The van der Waals surface area contributed by atoms with Gasteiger partial charge in [-0.2, -0.15) is 0 Å². The third-order valence-electron chi connectivity index (χ3n) is 2.35. The Morgan fingerprint density at radius 2 is 1.93 bits per heavy atom. The van der Waals surface area contributed by atoms with Crippen LogP contribution in [-0.4, -0.2) is 5.11 Å². The molecule has 0 fully saturated rings. The Labute approximate surface area is 92.1 Å². The van der Waals surface area contributed by atoms with E-state index < -0.39 is 0 Å². The third kappa shape index (κ3) is 4.08. The second-order valence-corrected chi connectivity index (χ2v) is 3.71. The maximum atomic E-state index is 9.25. The average Bonchev–Trinajstić information content (AvgIpc) is 2.20. The van der Waals surface area contributed by atoms with E-state index in [0.29, 0.717) is 5.75 Å². The molecule has 1 aromatic carbocycles. The Kier molecular flexibility index (Phi) is 4.77. The maximum Gasteiger partial charge on any atom is 0.115 e. The first-order valence-corrected chi connectivity index (χ1v) is 5.48. The van der Waals surface area contributed by atoms with Gasteiger partial charge in [0.1, 0.15) is 5.75 Å². The molecule has 0 aromatic heterocycles. The molecule has 0 unspecified atom stereocenters. The smallest absolute Gasteiger partial charge is 0.115 e. The van der Waals surface area contributed by atoms with E-state index in [9.17, 15) is 5.11 Å². The second-order valence-electron chi connectivity index (χ2n) is 3.71. The molecule has 1 nitrogen and oxygen atoms in total. The van der Waals surface area contributed by atoms with Gasteiger partial charge in [0.25, 0.3) is 0 Å². The van der Waals surface area contributed by atoms with Gasteiger partial charge in [0.15, 0.2) is 0 Å². The van der Waals surface area contributed by atoms with Crippen molar-refractivity contribution in [1.29, 1.82) is 0 Å². The van der Waals surface area contributed by atoms with Gasteiger partial charge >= 0.3 is 0 Å². The maximum absolute atomic E-state index is 9.25. The minimum absolute atomic E-state index is 0.341. The van der Waals surface area contributed by atoms with Crippen molar-refractivity contribution in [2.75, 3.05) is 0 Å². The number of benzene rings is 1. The van der Waals surface area contributed by atoms with E-state index in [-0.39, 0.29) is 0 Å². The fraction of sp³-hybridized carbons (Fsp3) is 0.429. The summed E-state index contributed by atoms with van der Waals surface area (Å²) in [4.78, 5) is 0. The summed E-state index contributed by atoms with van der Waals surface area (Å²) in [6.07, 6.45) is 4.01. The summed E-state index contributed by atoms with van der Waals surface area (Å²) in [6, 6.07) is 5.52. The van der Waals surface area contributed by atoms with Gasteiger partial charge in [-0.15, -0.1) is 11.8 Å². The van der Waals surface area contributed by atoms with Crippen LogP contribution in [-0.2, 0) is 6.42 Å². The summed E-state index contributed by atoms with van der Waals surface area (Å²) in [5, 5.41) is 9.25. The molecule has 0 saturated carbocycles. The molecule has 0 aliphatic heterocycles. The highest BCUT2D eigenvalue weighted by atomic mass is 16.3. The van der Waals surface area contributed by atoms with Crippen molar-refractivity contribution in [2.24, 2.45) is 0 Å². The molecule has 1 rings (SSSR count). The summed E-state index contributed by atoms with van der Waals surface area (Å²) in [6.45, 7) is 4.16. The minimum atomic E-state index is 0.341. The van der Waals surface area contributed by atoms with Crippen molar-refractivity contribution in [3.63, 3.8) is 0 Å². The number of unbranched alkanes of at least 4 members (excludes halogenated alkanes) is 1. The van der Waals surface area contributed by atoms with E-state index in [1.165, 1.54) is 5.56 Å². The molecule has 0 saturated heterocycles. The zero-order valence-electron chi connectivity index (χ0n) is 9.51. The van der Waals surface area contributed by atoms with Crippen LogP contribution in [0.25, 0.3) is 0 Å². The Bertz CT molecular complexity index is 369. The molecule has 0 amide bonds. The molecular weight excluding hydrogens is 184 g/mol. The second kappa shape index (κ2) is 6.14. The van der Waals surface area contributed by atoms with E-state index in [4.69, 9.17) is 0 Å². The molecule has 0 bridgehead atoms. The first-order chi connectivity index (χ1) is 7.24. The summed E-state index contributed by atoms with van der Waals surface area (Å²) in [7, 11) is 0. The van der Waals surface area contributed by atoms with E-state index in [1.54, 1.807) is 12.1 Å². The quantitative estimate of drug-likeness (QED) is 0.744. The normalized spacial score (nSPS) is 9.47. The molecule has 0 aliphatic carbocycles. The predicted octanol–water partition coefficient (Wildman–Crippen LogP) is 3.44. The number of phenolic OH excluding ortho intramolecular Hbond substituents is 1. The van der Waals surface area contributed by atoms with Crippen LogP contribution >= 0.6 is 0 Å². The Morgan fingerprint density at radius 1 is 1.20 bits per heavy atom. The number of aromatic hydroxyl groups is 1. The van der Waals surface area contributed by atoms with Gasteiger partial charge in [0.2, 0.25) is 0 Å². The first-order valence-electron chi connectivity index (χ1n) is 5.48. The van der Waals surface area contributed by atoms with Crippen LogP contribution in [0.2, 0.25) is 0 Å². The standard InChI is InChI=1S/C14H18O/c1-3-4-5-6-7-8-13-9-10-14(15)11-12(13)2/h9-11,15H,3-4,7-8H2,1-2H3. The molecule has 0 spiro atoms. The minimum Gasteiger partial charge on any atom is -0.508 e. The van der Waals surface area contributed by atoms with Crippen LogP contribution in [0.1, 0.15) is 37.3 Å². The van der Waals surface area contributed by atoms with Crippen LogP contribution in [0.4, 0.5) is 0 Å². The van der Waals surface area contributed by atoms with Gasteiger partial charge in [0.05, 0.1) is 0 Å². The predicted molar refractivity (Wildman–Crippen MR) is 63.8 cm³/mol. The van der Waals surface area contributed by atoms with Crippen molar-refractivity contribution in [2.45, 2.75) is 39.5 Å². The molecule has 0 heterocycles. The molecule has 1 heteroatoms. The van der Waals surface area contributed by atoms with Crippen molar-refractivity contribution in [3.8, 4) is 17.6 Å². The topological polar surface area (TPSA) is 20.2 Å². The SMILES string of the molecule is CCCC#CCCc1ccc(O)cc1C. The van der Waals surface area contributed by atoms with Crippen molar-refractivity contribution < 1.29 is 5.11 Å². The van der Waals surface area contributed by atoms with Crippen LogP contribution < -0.4 is 0 Å². The fourth-order valence-electron chi connectivity index (χ4n) is 1.46. The lowest BCUT2D eigenvalue weighted by molar-refractivity contribution is 0.474. The number of rotatable bonds is 3. The Hall–Kier alpha value is -1.42. The van der Waals surface area contributed by atoms with Gasteiger partial charge in [-0.3, -0.25) is 0 Å². The largest absolute Gasteiger partial charge is 0.508 e. The summed E-state index contributed by atoms with van der Waals surface area (Å²) >= 11 is 0. The third-order valence-corrected chi connectivity index (χ3v) is 2.35. The van der Waals surface area contributed by atoms with Gasteiger partial charge in [-0.25, -0.2) is 0 Å². The molecular formula is C14H18O. The molecule has 0 aliphatic rings. The van der Waals surface area contributed by atoms with Gasteiger partial charge in [-0.1, -0.05) is 13.0 Å². The molecule has 0 atom stereocenters. The summed E-state index contributed by atoms with van der Waals surface area (Å²) in [5.74, 6) is 6.64. The van der Waals surface area contributed by atoms with Crippen LogP contribution in [0.15, 0.2) is 18.2 Å². The molecule has 1 N–H and O–H groups in total. The van der Waals surface area contributed by atoms with Crippen LogP contribution in [0, 0.1) is 18.8 Å². The number of hydrogen-bond donors (Lipinski definition) is 1. The molecule has 80 valence electrons.